The van der Waals surface area contributed by atoms with Crippen molar-refractivity contribution in [3.8, 4) is 6.07 Å². The molecular formula is C14H20N4O2S. The number of nitriles is 1. The molecule has 0 saturated carbocycles. The maximum atomic E-state index is 12.1. The number of nitrogens with zero attached hydrogens (tertiary/aromatic N) is 2. The molecule has 21 heavy (non-hydrogen) atoms. The van der Waals surface area contributed by atoms with Crippen LogP contribution in [0.4, 0.5) is 10.7 Å². The van der Waals surface area contributed by atoms with Crippen LogP contribution in [0.3, 0.4) is 0 Å². The van der Waals surface area contributed by atoms with Crippen molar-refractivity contribution >= 4 is 27.9 Å². The van der Waals surface area contributed by atoms with Crippen molar-refractivity contribution in [3.05, 3.63) is 10.4 Å². The molecule has 1 aliphatic rings. The Kier molecular flexibility index (Phi) is 4.12. The van der Waals surface area contributed by atoms with Crippen molar-refractivity contribution < 1.29 is 9.53 Å². The van der Waals surface area contributed by atoms with Crippen LogP contribution in [0.15, 0.2) is 0 Å². The van der Waals surface area contributed by atoms with E-state index in [4.69, 9.17) is 15.7 Å². The summed E-state index contributed by atoms with van der Waals surface area (Å²) in [5, 5.41) is 12.5. The van der Waals surface area contributed by atoms with Gasteiger partial charge in [0.1, 0.15) is 15.9 Å². The number of carbonyl (C=O) groups excluding carboxylic acids is 1. The Morgan fingerprint density at radius 1 is 1.62 bits per heavy atom. The largest absolute Gasteiger partial charge is 0.396 e. The Hall–Kier alpha value is -1.78. The fourth-order valence-corrected chi connectivity index (χ4v) is 3.71. The molecule has 1 atom stereocenters. The number of nitrogens with two attached hydrogens (primary N) is 1. The molecule has 3 N–H and O–H groups in total. The first-order valence-corrected chi connectivity index (χ1v) is 7.58. The zero-order chi connectivity index (χ0) is 15.8. The molecule has 2 rings (SSSR count). The van der Waals surface area contributed by atoms with Gasteiger partial charge >= 0.3 is 0 Å². The van der Waals surface area contributed by atoms with Crippen molar-refractivity contribution in [3.63, 3.8) is 0 Å². The first-order chi connectivity index (χ1) is 9.79. The first-order valence-electron chi connectivity index (χ1n) is 6.76. The highest BCUT2D eigenvalue weighted by molar-refractivity contribution is 7.17. The lowest BCUT2D eigenvalue weighted by Gasteiger charge is -2.42. The minimum absolute atomic E-state index is 0.0418. The smallest absolute Gasteiger partial charge is 0.256 e. The summed E-state index contributed by atoms with van der Waals surface area (Å²) < 4.78 is 5.88. The predicted octanol–water partition coefficient (Wildman–Crippen LogP) is 1.57. The third-order valence-electron chi connectivity index (χ3n) is 3.34. The second-order valence-corrected chi connectivity index (χ2v) is 6.78. The van der Waals surface area contributed by atoms with E-state index in [0.29, 0.717) is 23.5 Å². The van der Waals surface area contributed by atoms with Crippen LogP contribution in [-0.4, -0.2) is 37.7 Å². The molecular weight excluding hydrogens is 288 g/mol. The van der Waals surface area contributed by atoms with Crippen LogP contribution in [0.5, 0.6) is 0 Å². The summed E-state index contributed by atoms with van der Waals surface area (Å²) in [6.07, 6.45) is 0.0418. The zero-order valence-electron chi connectivity index (χ0n) is 12.7. The number of thiophene rings is 1. The van der Waals surface area contributed by atoms with Gasteiger partial charge in [0, 0.05) is 20.1 Å². The van der Waals surface area contributed by atoms with E-state index < -0.39 is 0 Å². The number of hydrogen-bond acceptors (Lipinski definition) is 6. The molecule has 0 aliphatic carbocycles. The number of ether oxygens (including phenoxy) is 1. The van der Waals surface area contributed by atoms with Crippen molar-refractivity contribution in [2.75, 3.05) is 30.8 Å². The van der Waals surface area contributed by atoms with Crippen molar-refractivity contribution in [1.82, 2.24) is 5.32 Å². The minimum Gasteiger partial charge on any atom is -0.396 e. The van der Waals surface area contributed by atoms with Gasteiger partial charge in [-0.2, -0.15) is 5.26 Å². The van der Waals surface area contributed by atoms with Crippen molar-refractivity contribution in [2.24, 2.45) is 0 Å². The second kappa shape index (κ2) is 5.54. The summed E-state index contributed by atoms with van der Waals surface area (Å²) in [6.45, 7) is 7.33. The maximum Gasteiger partial charge on any atom is 0.256 e. The summed E-state index contributed by atoms with van der Waals surface area (Å²) in [5.41, 5.74) is 6.30. The summed E-state index contributed by atoms with van der Waals surface area (Å²) >= 11 is 1.26. The minimum atomic E-state index is -0.316. The first kappa shape index (κ1) is 15.6. The normalized spacial score (nSPS) is 20.9. The van der Waals surface area contributed by atoms with E-state index in [1.54, 1.807) is 7.05 Å². The topological polar surface area (TPSA) is 91.4 Å². The second-order valence-electron chi connectivity index (χ2n) is 5.78. The molecule has 1 amide bonds. The van der Waals surface area contributed by atoms with Gasteiger partial charge in [-0.3, -0.25) is 4.79 Å². The predicted molar refractivity (Wildman–Crippen MR) is 83.7 cm³/mol. The van der Waals surface area contributed by atoms with E-state index in [2.05, 4.69) is 16.3 Å². The monoisotopic (exact) mass is 308 g/mol. The lowest BCUT2D eigenvalue weighted by Crippen LogP contribution is -2.52. The summed E-state index contributed by atoms with van der Waals surface area (Å²) in [4.78, 5) is 14.6. The zero-order valence-corrected chi connectivity index (χ0v) is 13.5. The van der Waals surface area contributed by atoms with Crippen LogP contribution in [0.25, 0.3) is 0 Å². The van der Waals surface area contributed by atoms with Crippen molar-refractivity contribution in [1.29, 1.82) is 5.26 Å². The molecule has 0 radical (unpaired) electrons. The molecule has 6 nitrogen and oxygen atoms in total. The van der Waals surface area contributed by atoms with Crippen LogP contribution in [0.2, 0.25) is 0 Å². The fourth-order valence-electron chi connectivity index (χ4n) is 2.69. The number of morpholine rings is 1. The molecule has 1 fully saturated rings. The van der Waals surface area contributed by atoms with Gasteiger partial charge in [-0.15, -0.1) is 11.3 Å². The molecule has 2 heterocycles. The standard InChI is InChI=1S/C14H20N4O2S/c1-8-6-18(7-14(2,3)20-8)13-10(12(19)17-4)11(16)9(5-15)21-13/h8H,6-7,16H2,1-4H3,(H,17,19). The lowest BCUT2D eigenvalue weighted by molar-refractivity contribution is -0.0748. The molecule has 7 heteroatoms. The molecule has 1 saturated heterocycles. The Balaban J connectivity index is 2.48. The van der Waals surface area contributed by atoms with Gasteiger partial charge in [0.15, 0.2) is 0 Å². The van der Waals surface area contributed by atoms with Gasteiger partial charge in [0.05, 0.1) is 23.0 Å². The Bertz CT molecular complexity index is 603. The number of anilines is 2. The highest BCUT2D eigenvalue weighted by atomic mass is 32.1. The van der Waals surface area contributed by atoms with E-state index in [1.165, 1.54) is 11.3 Å². The SMILES string of the molecule is CNC(=O)c1c(N2CC(C)OC(C)(C)C2)sc(C#N)c1N. The van der Waals surface area contributed by atoms with Gasteiger partial charge in [-0.25, -0.2) is 0 Å². The fraction of sp³-hybridized carbons (Fsp3) is 0.571. The number of hydrogen-bond donors (Lipinski definition) is 2. The molecule has 1 aliphatic heterocycles. The van der Waals surface area contributed by atoms with E-state index >= 15 is 0 Å². The number of amides is 1. The molecule has 1 unspecified atom stereocenters. The summed E-state index contributed by atoms with van der Waals surface area (Å²) in [6, 6.07) is 2.06. The third kappa shape index (κ3) is 2.96. The number of rotatable bonds is 2. The average molecular weight is 308 g/mol. The molecule has 1 aromatic rings. The van der Waals surface area contributed by atoms with E-state index in [0.717, 1.165) is 5.00 Å². The molecule has 114 valence electrons. The van der Waals surface area contributed by atoms with Gasteiger partial charge in [-0.05, 0) is 20.8 Å². The van der Waals surface area contributed by atoms with E-state index in [1.807, 2.05) is 20.8 Å². The molecule has 0 aromatic carbocycles. The van der Waals surface area contributed by atoms with Gasteiger partial charge in [0.2, 0.25) is 0 Å². The number of carbonyl (C=O) groups is 1. The van der Waals surface area contributed by atoms with E-state index in [9.17, 15) is 4.79 Å². The van der Waals surface area contributed by atoms with Crippen molar-refractivity contribution in [2.45, 2.75) is 32.5 Å². The van der Waals surface area contributed by atoms with Crippen LogP contribution in [-0.2, 0) is 4.74 Å². The molecule has 0 spiro atoms. The molecule has 0 bridgehead atoms. The Morgan fingerprint density at radius 2 is 2.29 bits per heavy atom. The lowest BCUT2D eigenvalue weighted by atomic mass is 10.1. The quantitative estimate of drug-likeness (QED) is 0.865. The van der Waals surface area contributed by atoms with E-state index in [-0.39, 0.29) is 23.3 Å². The van der Waals surface area contributed by atoms with Gasteiger partial charge < -0.3 is 20.7 Å². The Labute approximate surface area is 128 Å². The average Bonchev–Trinajstić information content (AvgIpc) is 2.72. The Morgan fingerprint density at radius 3 is 2.81 bits per heavy atom. The van der Waals surface area contributed by atoms with Gasteiger partial charge in [-0.1, -0.05) is 0 Å². The highest BCUT2D eigenvalue weighted by Crippen LogP contribution is 2.40. The molecule has 1 aromatic heterocycles. The van der Waals surface area contributed by atoms with Crippen LogP contribution < -0.4 is 16.0 Å². The maximum absolute atomic E-state index is 12.1. The number of nitrogens with one attached hydrogen (secondary N) is 1. The van der Waals surface area contributed by atoms with Gasteiger partial charge in [0.25, 0.3) is 5.91 Å². The number of nitrogen functional groups attached to an aromatic ring is 1. The van der Waals surface area contributed by atoms with Crippen LogP contribution in [0, 0.1) is 11.3 Å². The van der Waals surface area contributed by atoms with Crippen LogP contribution in [0.1, 0.15) is 36.0 Å². The summed E-state index contributed by atoms with van der Waals surface area (Å²) in [5.74, 6) is -0.266. The summed E-state index contributed by atoms with van der Waals surface area (Å²) in [7, 11) is 1.56. The highest BCUT2D eigenvalue weighted by Gasteiger charge is 2.35. The third-order valence-corrected chi connectivity index (χ3v) is 4.51. The van der Waals surface area contributed by atoms with Crippen LogP contribution >= 0.6 is 11.3 Å².